The molecule has 0 saturated heterocycles. The van der Waals surface area contributed by atoms with Gasteiger partial charge in [-0.15, -0.1) is 10.2 Å². The molecule has 1 aromatic heterocycles. The molecule has 1 aliphatic rings. The van der Waals surface area contributed by atoms with Crippen LogP contribution in [0, 0.1) is 6.92 Å². The van der Waals surface area contributed by atoms with E-state index in [-0.39, 0.29) is 6.10 Å². The van der Waals surface area contributed by atoms with Crippen LogP contribution in [0.15, 0.2) is 4.34 Å². The summed E-state index contributed by atoms with van der Waals surface area (Å²) in [5, 5.41) is 18.9. The molecule has 1 aliphatic carbocycles. The van der Waals surface area contributed by atoms with Crippen molar-refractivity contribution in [3.05, 3.63) is 5.01 Å². The van der Waals surface area contributed by atoms with Gasteiger partial charge in [0.2, 0.25) is 0 Å². The Morgan fingerprint density at radius 2 is 2.31 bits per heavy atom. The predicted molar refractivity (Wildman–Crippen MR) is 54.1 cm³/mol. The SMILES string of the molecule is Cc1nnc(SC2CCCC2O)s1. The average Bonchev–Trinajstić information content (AvgIpc) is 2.64. The van der Waals surface area contributed by atoms with Crippen LogP contribution in [-0.2, 0) is 0 Å². The quantitative estimate of drug-likeness (QED) is 0.819. The molecule has 2 rings (SSSR count). The fourth-order valence-electron chi connectivity index (χ4n) is 1.50. The maximum atomic E-state index is 9.59. The van der Waals surface area contributed by atoms with Crippen molar-refractivity contribution in [3.8, 4) is 0 Å². The molecule has 1 fully saturated rings. The molecule has 13 heavy (non-hydrogen) atoms. The lowest BCUT2D eigenvalue weighted by atomic mass is 10.3. The minimum Gasteiger partial charge on any atom is -0.392 e. The van der Waals surface area contributed by atoms with Gasteiger partial charge in [0.15, 0.2) is 4.34 Å². The van der Waals surface area contributed by atoms with Gasteiger partial charge in [-0.05, 0) is 26.2 Å². The number of hydrogen-bond acceptors (Lipinski definition) is 5. The number of aryl methyl sites for hydroxylation is 1. The van der Waals surface area contributed by atoms with Crippen LogP contribution in [-0.4, -0.2) is 26.7 Å². The van der Waals surface area contributed by atoms with Crippen molar-refractivity contribution < 1.29 is 5.11 Å². The average molecular weight is 216 g/mol. The highest BCUT2D eigenvalue weighted by atomic mass is 32.2. The summed E-state index contributed by atoms with van der Waals surface area (Å²) in [6.07, 6.45) is 3.03. The van der Waals surface area contributed by atoms with E-state index < -0.39 is 0 Å². The van der Waals surface area contributed by atoms with Crippen molar-refractivity contribution in [1.82, 2.24) is 10.2 Å². The van der Waals surface area contributed by atoms with Crippen molar-refractivity contribution in [2.75, 3.05) is 0 Å². The Morgan fingerprint density at radius 1 is 1.46 bits per heavy atom. The van der Waals surface area contributed by atoms with Gasteiger partial charge in [-0.25, -0.2) is 0 Å². The second-order valence-electron chi connectivity index (χ2n) is 3.24. The van der Waals surface area contributed by atoms with Crippen LogP contribution in [0.5, 0.6) is 0 Å². The van der Waals surface area contributed by atoms with Crippen LogP contribution in [0.25, 0.3) is 0 Å². The fourth-order valence-corrected chi connectivity index (χ4v) is 3.77. The zero-order chi connectivity index (χ0) is 9.26. The van der Waals surface area contributed by atoms with Crippen molar-refractivity contribution in [2.24, 2.45) is 0 Å². The first-order chi connectivity index (χ1) is 6.25. The van der Waals surface area contributed by atoms with Crippen LogP contribution in [0.4, 0.5) is 0 Å². The molecule has 0 aliphatic heterocycles. The van der Waals surface area contributed by atoms with Crippen molar-refractivity contribution in [1.29, 1.82) is 0 Å². The highest BCUT2D eigenvalue weighted by molar-refractivity contribution is 8.01. The van der Waals surface area contributed by atoms with Gasteiger partial charge in [0.05, 0.1) is 6.10 Å². The number of thioether (sulfide) groups is 1. The molecule has 0 spiro atoms. The van der Waals surface area contributed by atoms with E-state index in [4.69, 9.17) is 0 Å². The van der Waals surface area contributed by atoms with Crippen LogP contribution >= 0.6 is 23.1 Å². The fraction of sp³-hybridized carbons (Fsp3) is 0.750. The molecule has 2 atom stereocenters. The Labute approximate surface area is 85.6 Å². The number of nitrogens with zero attached hydrogens (tertiary/aromatic N) is 2. The molecule has 1 saturated carbocycles. The molecule has 5 heteroatoms. The third kappa shape index (κ3) is 2.21. The van der Waals surface area contributed by atoms with E-state index in [1.807, 2.05) is 6.92 Å². The Morgan fingerprint density at radius 3 is 2.85 bits per heavy atom. The first-order valence-corrected chi connectivity index (χ1v) is 6.10. The van der Waals surface area contributed by atoms with Gasteiger partial charge in [-0.2, -0.15) is 0 Å². The lowest BCUT2D eigenvalue weighted by molar-refractivity contribution is 0.188. The van der Waals surface area contributed by atoms with Crippen molar-refractivity contribution in [2.45, 2.75) is 41.9 Å². The van der Waals surface area contributed by atoms with E-state index in [0.717, 1.165) is 28.6 Å². The van der Waals surface area contributed by atoms with Gasteiger partial charge in [0.25, 0.3) is 0 Å². The molecule has 0 radical (unpaired) electrons. The Kier molecular flexibility index (Phi) is 2.86. The normalized spacial score (nSPS) is 28.2. The standard InChI is InChI=1S/C8H12N2OS2/c1-5-9-10-8(12-5)13-7-4-2-3-6(7)11/h6-7,11H,2-4H2,1H3. The summed E-state index contributed by atoms with van der Waals surface area (Å²) in [5.41, 5.74) is 0. The first kappa shape index (κ1) is 9.43. The monoisotopic (exact) mass is 216 g/mol. The van der Waals surface area contributed by atoms with E-state index in [0.29, 0.717) is 5.25 Å². The van der Waals surface area contributed by atoms with Gasteiger partial charge in [-0.3, -0.25) is 0 Å². The molecule has 2 unspecified atom stereocenters. The van der Waals surface area contributed by atoms with Crippen molar-refractivity contribution in [3.63, 3.8) is 0 Å². The largest absolute Gasteiger partial charge is 0.392 e. The summed E-state index contributed by atoms with van der Waals surface area (Å²) in [7, 11) is 0. The summed E-state index contributed by atoms with van der Waals surface area (Å²) in [4.78, 5) is 0. The van der Waals surface area contributed by atoms with Gasteiger partial charge in [0.1, 0.15) is 5.01 Å². The molecule has 0 amide bonds. The van der Waals surface area contributed by atoms with Gasteiger partial charge < -0.3 is 5.11 Å². The van der Waals surface area contributed by atoms with Crippen LogP contribution in [0.1, 0.15) is 24.3 Å². The van der Waals surface area contributed by atoms with Gasteiger partial charge in [-0.1, -0.05) is 23.1 Å². The lowest BCUT2D eigenvalue weighted by Crippen LogP contribution is -2.14. The Bertz CT molecular complexity index is 289. The Hall–Kier alpha value is -0.130. The highest BCUT2D eigenvalue weighted by Gasteiger charge is 2.27. The Balaban J connectivity index is 1.97. The second-order valence-corrected chi connectivity index (χ2v) is 5.91. The number of aliphatic hydroxyl groups excluding tert-OH is 1. The maximum Gasteiger partial charge on any atom is 0.174 e. The van der Waals surface area contributed by atoms with E-state index in [1.165, 1.54) is 0 Å². The second kappa shape index (κ2) is 3.94. The number of rotatable bonds is 2. The smallest absolute Gasteiger partial charge is 0.174 e. The van der Waals surface area contributed by atoms with E-state index in [1.54, 1.807) is 23.1 Å². The molecule has 1 aromatic rings. The number of hydrogen-bond donors (Lipinski definition) is 1. The minimum atomic E-state index is -0.144. The summed E-state index contributed by atoms with van der Waals surface area (Å²) >= 11 is 3.28. The summed E-state index contributed by atoms with van der Waals surface area (Å²) < 4.78 is 0.989. The van der Waals surface area contributed by atoms with Crippen LogP contribution < -0.4 is 0 Å². The summed E-state index contributed by atoms with van der Waals surface area (Å²) in [5.74, 6) is 0. The van der Waals surface area contributed by atoms with E-state index in [2.05, 4.69) is 10.2 Å². The topological polar surface area (TPSA) is 46.0 Å². The summed E-state index contributed by atoms with van der Waals surface area (Å²) in [6, 6.07) is 0. The van der Waals surface area contributed by atoms with Gasteiger partial charge in [0, 0.05) is 5.25 Å². The molecule has 0 bridgehead atoms. The van der Waals surface area contributed by atoms with Crippen LogP contribution in [0.3, 0.4) is 0 Å². The molecule has 1 heterocycles. The van der Waals surface area contributed by atoms with Crippen molar-refractivity contribution >= 4 is 23.1 Å². The van der Waals surface area contributed by atoms with Crippen LogP contribution in [0.2, 0.25) is 0 Å². The predicted octanol–water partition coefficient (Wildman–Crippen LogP) is 1.85. The number of aromatic nitrogens is 2. The zero-order valence-electron chi connectivity index (χ0n) is 7.43. The third-order valence-electron chi connectivity index (χ3n) is 2.18. The maximum absolute atomic E-state index is 9.59. The molecule has 72 valence electrons. The molecule has 3 nitrogen and oxygen atoms in total. The molecule has 1 N–H and O–H groups in total. The minimum absolute atomic E-state index is 0.144. The summed E-state index contributed by atoms with van der Waals surface area (Å²) in [6.45, 7) is 1.95. The first-order valence-electron chi connectivity index (χ1n) is 4.40. The van der Waals surface area contributed by atoms with E-state index >= 15 is 0 Å². The third-order valence-corrected chi connectivity index (χ3v) is 4.49. The lowest BCUT2D eigenvalue weighted by Gasteiger charge is -2.10. The molecule has 0 aromatic carbocycles. The van der Waals surface area contributed by atoms with Gasteiger partial charge >= 0.3 is 0 Å². The zero-order valence-corrected chi connectivity index (χ0v) is 9.07. The number of aliphatic hydroxyl groups is 1. The highest BCUT2D eigenvalue weighted by Crippen LogP contribution is 2.35. The van der Waals surface area contributed by atoms with E-state index in [9.17, 15) is 5.11 Å². The molecular formula is C8H12N2OS2. The molecular weight excluding hydrogens is 204 g/mol.